The second-order valence-electron chi connectivity index (χ2n) is 5.76. The number of benzene rings is 1. The Bertz CT molecular complexity index is 614. The molecule has 0 aliphatic heterocycles. The molecule has 0 spiro atoms. The Morgan fingerprint density at radius 3 is 2.75 bits per heavy atom. The summed E-state index contributed by atoms with van der Waals surface area (Å²) >= 11 is 3.43. The molecule has 5 heteroatoms. The Balaban J connectivity index is 2.04. The van der Waals surface area contributed by atoms with Crippen molar-refractivity contribution >= 4 is 21.7 Å². The van der Waals surface area contributed by atoms with Gasteiger partial charge in [0.1, 0.15) is 5.78 Å². The maximum atomic E-state index is 11.9. The normalized spacial score (nSPS) is 11.6. The predicted molar refractivity (Wildman–Crippen MR) is 79.4 cm³/mol. The molecule has 0 N–H and O–H groups in total. The van der Waals surface area contributed by atoms with Crippen molar-refractivity contribution in [2.45, 2.75) is 33.6 Å². The highest BCUT2D eigenvalue weighted by Gasteiger charge is 2.23. The van der Waals surface area contributed by atoms with Crippen LogP contribution in [-0.4, -0.2) is 15.9 Å². The van der Waals surface area contributed by atoms with Crippen LogP contribution in [0.25, 0.3) is 0 Å². The van der Waals surface area contributed by atoms with E-state index < -0.39 is 0 Å². The average Bonchev–Trinajstić information content (AvgIpc) is 2.75. The zero-order chi connectivity index (χ0) is 14.8. The first-order valence-corrected chi connectivity index (χ1v) is 7.23. The number of rotatable bonds is 4. The van der Waals surface area contributed by atoms with Crippen LogP contribution in [0.3, 0.4) is 0 Å². The molecular weight excluding hydrogens is 320 g/mol. The van der Waals surface area contributed by atoms with Crippen LogP contribution in [0.15, 0.2) is 33.3 Å². The SMILES string of the molecule is CC(C)(C)C(=O)Cc1nc(Cc2cccc(Br)c2)no1. The van der Waals surface area contributed by atoms with Crippen LogP contribution in [-0.2, 0) is 17.6 Å². The monoisotopic (exact) mass is 336 g/mol. The molecule has 1 heterocycles. The Morgan fingerprint density at radius 2 is 2.10 bits per heavy atom. The van der Waals surface area contributed by atoms with E-state index in [9.17, 15) is 4.79 Å². The van der Waals surface area contributed by atoms with E-state index in [1.807, 2.05) is 45.0 Å². The number of nitrogens with zero attached hydrogens (tertiary/aromatic N) is 2. The third-order valence-electron chi connectivity index (χ3n) is 2.91. The van der Waals surface area contributed by atoms with Crippen LogP contribution in [0.1, 0.15) is 38.0 Å². The van der Waals surface area contributed by atoms with Gasteiger partial charge in [-0.3, -0.25) is 4.79 Å². The maximum Gasteiger partial charge on any atom is 0.234 e. The molecule has 20 heavy (non-hydrogen) atoms. The highest BCUT2D eigenvalue weighted by Crippen LogP contribution is 2.18. The van der Waals surface area contributed by atoms with Crippen molar-refractivity contribution in [2.24, 2.45) is 5.41 Å². The number of hydrogen-bond acceptors (Lipinski definition) is 4. The molecule has 106 valence electrons. The first kappa shape index (κ1) is 14.9. The van der Waals surface area contributed by atoms with Crippen molar-refractivity contribution in [3.63, 3.8) is 0 Å². The molecule has 0 bridgehead atoms. The molecular formula is C15H17BrN2O2. The fraction of sp³-hybridized carbons (Fsp3) is 0.400. The lowest BCUT2D eigenvalue weighted by atomic mass is 9.89. The van der Waals surface area contributed by atoms with Gasteiger partial charge in [-0.2, -0.15) is 4.98 Å². The number of Topliss-reactive ketones (excluding diaryl/α,β-unsaturated/α-hetero) is 1. The summed E-state index contributed by atoms with van der Waals surface area (Å²) in [5, 5.41) is 3.92. The molecule has 0 aliphatic rings. The quantitative estimate of drug-likeness (QED) is 0.856. The number of hydrogen-bond donors (Lipinski definition) is 0. The van der Waals surface area contributed by atoms with Gasteiger partial charge in [-0.05, 0) is 17.7 Å². The molecule has 4 nitrogen and oxygen atoms in total. The van der Waals surface area contributed by atoms with E-state index in [1.165, 1.54) is 0 Å². The molecule has 1 aromatic heterocycles. The van der Waals surface area contributed by atoms with E-state index in [4.69, 9.17) is 4.52 Å². The highest BCUT2D eigenvalue weighted by atomic mass is 79.9. The minimum absolute atomic E-state index is 0.0927. The van der Waals surface area contributed by atoms with Gasteiger partial charge in [-0.1, -0.05) is 54.0 Å². The number of halogens is 1. The maximum absolute atomic E-state index is 11.9. The summed E-state index contributed by atoms with van der Waals surface area (Å²) in [6, 6.07) is 7.94. The second-order valence-corrected chi connectivity index (χ2v) is 6.68. The fourth-order valence-corrected chi connectivity index (χ4v) is 2.11. The molecule has 2 rings (SSSR count). The molecule has 0 radical (unpaired) electrons. The topological polar surface area (TPSA) is 56.0 Å². The van der Waals surface area contributed by atoms with E-state index in [2.05, 4.69) is 26.1 Å². The predicted octanol–water partition coefficient (Wildman–Crippen LogP) is 3.58. The molecule has 1 aromatic carbocycles. The van der Waals surface area contributed by atoms with Crippen molar-refractivity contribution in [1.82, 2.24) is 10.1 Å². The van der Waals surface area contributed by atoms with E-state index in [1.54, 1.807) is 0 Å². The number of carbonyl (C=O) groups excluding carboxylic acids is 1. The summed E-state index contributed by atoms with van der Waals surface area (Å²) in [7, 11) is 0. The number of carbonyl (C=O) groups is 1. The Hall–Kier alpha value is -1.49. The summed E-state index contributed by atoms with van der Waals surface area (Å²) in [4.78, 5) is 16.2. The molecule has 0 atom stereocenters. The van der Waals surface area contributed by atoms with Gasteiger partial charge in [0, 0.05) is 16.3 Å². The first-order valence-electron chi connectivity index (χ1n) is 6.44. The highest BCUT2D eigenvalue weighted by molar-refractivity contribution is 9.10. The summed E-state index contributed by atoms with van der Waals surface area (Å²) < 4.78 is 6.15. The van der Waals surface area contributed by atoms with Crippen LogP contribution >= 0.6 is 15.9 Å². The standard InChI is InChI=1S/C15H17BrN2O2/c1-15(2,3)12(19)9-14-17-13(18-20-14)8-10-5-4-6-11(16)7-10/h4-7H,8-9H2,1-3H3. The van der Waals surface area contributed by atoms with E-state index >= 15 is 0 Å². The van der Waals surface area contributed by atoms with Gasteiger partial charge >= 0.3 is 0 Å². The van der Waals surface area contributed by atoms with E-state index in [-0.39, 0.29) is 17.6 Å². The Morgan fingerprint density at radius 1 is 1.35 bits per heavy atom. The van der Waals surface area contributed by atoms with Gasteiger partial charge in [0.15, 0.2) is 5.82 Å². The van der Waals surface area contributed by atoms with Crippen LogP contribution < -0.4 is 0 Å². The Kier molecular flexibility index (Phi) is 4.38. The van der Waals surface area contributed by atoms with Crippen molar-refractivity contribution in [3.8, 4) is 0 Å². The lowest BCUT2D eigenvalue weighted by molar-refractivity contribution is -0.125. The van der Waals surface area contributed by atoms with Crippen LogP contribution in [0.4, 0.5) is 0 Å². The van der Waals surface area contributed by atoms with Gasteiger partial charge in [0.2, 0.25) is 5.89 Å². The van der Waals surface area contributed by atoms with Gasteiger partial charge in [-0.15, -0.1) is 0 Å². The third kappa shape index (κ3) is 4.00. The Labute approximate surface area is 126 Å². The van der Waals surface area contributed by atoms with Crippen molar-refractivity contribution in [2.75, 3.05) is 0 Å². The lowest BCUT2D eigenvalue weighted by Gasteiger charge is -2.14. The van der Waals surface area contributed by atoms with Crippen LogP contribution in [0.5, 0.6) is 0 Å². The summed E-state index contributed by atoms with van der Waals surface area (Å²) in [5.74, 6) is 1.07. The fourth-order valence-electron chi connectivity index (χ4n) is 1.67. The molecule has 0 fully saturated rings. The molecule has 0 saturated carbocycles. The number of ketones is 1. The third-order valence-corrected chi connectivity index (χ3v) is 3.40. The minimum Gasteiger partial charge on any atom is -0.339 e. The largest absolute Gasteiger partial charge is 0.339 e. The molecule has 0 aliphatic carbocycles. The first-order chi connectivity index (χ1) is 9.34. The van der Waals surface area contributed by atoms with Gasteiger partial charge in [-0.25, -0.2) is 0 Å². The average molecular weight is 337 g/mol. The zero-order valence-corrected chi connectivity index (χ0v) is 13.4. The van der Waals surface area contributed by atoms with Crippen molar-refractivity contribution in [3.05, 3.63) is 46.0 Å². The lowest BCUT2D eigenvalue weighted by Crippen LogP contribution is -2.22. The molecule has 0 amide bonds. The minimum atomic E-state index is -0.390. The molecule has 0 saturated heterocycles. The number of aromatic nitrogens is 2. The van der Waals surface area contributed by atoms with Gasteiger partial charge in [0.25, 0.3) is 0 Å². The van der Waals surface area contributed by atoms with E-state index in [0.29, 0.717) is 18.1 Å². The van der Waals surface area contributed by atoms with E-state index in [0.717, 1.165) is 10.0 Å². The van der Waals surface area contributed by atoms with Crippen molar-refractivity contribution < 1.29 is 9.32 Å². The summed E-state index contributed by atoms with van der Waals surface area (Å²) in [6.07, 6.45) is 0.779. The summed E-state index contributed by atoms with van der Waals surface area (Å²) in [6.45, 7) is 5.65. The second kappa shape index (κ2) is 5.87. The van der Waals surface area contributed by atoms with Crippen molar-refractivity contribution in [1.29, 1.82) is 0 Å². The van der Waals surface area contributed by atoms with Gasteiger partial charge < -0.3 is 4.52 Å². The van der Waals surface area contributed by atoms with Gasteiger partial charge in [0.05, 0.1) is 6.42 Å². The van der Waals surface area contributed by atoms with Crippen LogP contribution in [0.2, 0.25) is 0 Å². The molecule has 0 unspecified atom stereocenters. The van der Waals surface area contributed by atoms with Crippen LogP contribution in [0, 0.1) is 5.41 Å². The molecule has 2 aromatic rings. The smallest absolute Gasteiger partial charge is 0.234 e. The zero-order valence-electron chi connectivity index (χ0n) is 11.8. The summed E-state index contributed by atoms with van der Waals surface area (Å²) in [5.41, 5.74) is 0.702.